The molecule has 0 amide bonds. The summed E-state index contributed by atoms with van der Waals surface area (Å²) in [6, 6.07) is 0.127. The molecule has 1 fully saturated rings. The second kappa shape index (κ2) is 8.83. The number of methoxy groups -OCH3 is 1. The van der Waals surface area contributed by atoms with E-state index in [4.69, 9.17) is 24.7 Å². The molecule has 0 bridgehead atoms. The van der Waals surface area contributed by atoms with Gasteiger partial charge in [-0.1, -0.05) is 0 Å². The molecule has 0 heterocycles. The maximum atomic E-state index is 5.83. The Labute approximate surface area is 104 Å². The fraction of sp³-hybridized carbons (Fsp3) is 1.00. The van der Waals surface area contributed by atoms with Crippen molar-refractivity contribution >= 4 is 0 Å². The number of hydrogen-bond donors (Lipinski definition) is 1. The first-order valence-electron chi connectivity index (χ1n) is 6.35. The monoisotopic (exact) mass is 247 g/mol. The van der Waals surface area contributed by atoms with E-state index in [1.807, 2.05) is 6.92 Å². The van der Waals surface area contributed by atoms with E-state index < -0.39 is 0 Å². The predicted octanol–water partition coefficient (Wildman–Crippen LogP) is 0.561. The van der Waals surface area contributed by atoms with Crippen LogP contribution in [0, 0.1) is 0 Å². The molecular formula is C12H25NO4. The average Bonchev–Trinajstić information content (AvgIpc) is 2.33. The van der Waals surface area contributed by atoms with Gasteiger partial charge < -0.3 is 24.7 Å². The van der Waals surface area contributed by atoms with Crippen LogP contribution >= 0.6 is 0 Å². The van der Waals surface area contributed by atoms with Crippen LogP contribution in [0.1, 0.15) is 19.8 Å². The molecule has 0 radical (unpaired) electrons. The summed E-state index contributed by atoms with van der Waals surface area (Å²) in [7, 11) is 1.69. The van der Waals surface area contributed by atoms with E-state index in [9.17, 15) is 0 Å². The number of ether oxygens (including phenoxy) is 4. The highest BCUT2D eigenvalue weighted by atomic mass is 16.6. The highest BCUT2D eigenvalue weighted by molar-refractivity contribution is 4.95. The Morgan fingerprint density at radius 3 is 2.59 bits per heavy atom. The molecule has 3 unspecified atom stereocenters. The molecule has 1 aliphatic rings. The molecule has 5 heteroatoms. The molecule has 0 aromatic heterocycles. The zero-order chi connectivity index (χ0) is 12.5. The van der Waals surface area contributed by atoms with Gasteiger partial charge in [0.25, 0.3) is 0 Å². The van der Waals surface area contributed by atoms with Gasteiger partial charge in [0.15, 0.2) is 0 Å². The van der Waals surface area contributed by atoms with Crippen LogP contribution in [-0.2, 0) is 18.9 Å². The fourth-order valence-corrected chi connectivity index (χ4v) is 1.87. The van der Waals surface area contributed by atoms with Crippen molar-refractivity contribution in [3.05, 3.63) is 0 Å². The zero-order valence-electron chi connectivity index (χ0n) is 10.9. The fourth-order valence-electron chi connectivity index (χ4n) is 1.87. The highest BCUT2D eigenvalue weighted by Gasteiger charge is 2.40. The zero-order valence-corrected chi connectivity index (χ0v) is 10.9. The van der Waals surface area contributed by atoms with Crippen molar-refractivity contribution in [2.75, 3.05) is 40.1 Å². The summed E-state index contributed by atoms with van der Waals surface area (Å²) < 4.78 is 21.5. The molecule has 2 N–H and O–H groups in total. The maximum absolute atomic E-state index is 5.83. The van der Waals surface area contributed by atoms with Crippen molar-refractivity contribution < 1.29 is 18.9 Å². The molecule has 1 rings (SSSR count). The Morgan fingerprint density at radius 1 is 1.12 bits per heavy atom. The second-order valence-corrected chi connectivity index (χ2v) is 4.19. The molecule has 1 aliphatic carbocycles. The molecule has 1 saturated carbocycles. The first kappa shape index (κ1) is 14.9. The molecular weight excluding hydrogens is 222 g/mol. The minimum absolute atomic E-state index is 0.0634. The molecule has 17 heavy (non-hydrogen) atoms. The molecule has 0 saturated heterocycles. The van der Waals surface area contributed by atoms with Gasteiger partial charge >= 0.3 is 0 Å². The number of nitrogens with two attached hydrogens (primary N) is 1. The third-order valence-corrected chi connectivity index (χ3v) is 2.85. The van der Waals surface area contributed by atoms with Crippen molar-refractivity contribution in [1.82, 2.24) is 0 Å². The van der Waals surface area contributed by atoms with Crippen LogP contribution in [0.2, 0.25) is 0 Å². The summed E-state index contributed by atoms with van der Waals surface area (Å²) in [5, 5.41) is 0. The van der Waals surface area contributed by atoms with Crippen LogP contribution in [0.5, 0.6) is 0 Å². The smallest absolute Gasteiger partial charge is 0.0988 e. The van der Waals surface area contributed by atoms with Crippen molar-refractivity contribution in [1.29, 1.82) is 0 Å². The van der Waals surface area contributed by atoms with Gasteiger partial charge in [0.1, 0.15) is 0 Å². The van der Waals surface area contributed by atoms with Gasteiger partial charge in [-0.2, -0.15) is 0 Å². The van der Waals surface area contributed by atoms with E-state index in [0.717, 1.165) is 26.1 Å². The van der Waals surface area contributed by atoms with E-state index in [1.54, 1.807) is 7.11 Å². The second-order valence-electron chi connectivity index (χ2n) is 4.19. The number of rotatable bonds is 10. The Balaban J connectivity index is 1.92. The van der Waals surface area contributed by atoms with Crippen LogP contribution in [0.4, 0.5) is 0 Å². The van der Waals surface area contributed by atoms with E-state index in [1.165, 1.54) is 0 Å². The van der Waals surface area contributed by atoms with E-state index in [2.05, 4.69) is 0 Å². The lowest BCUT2D eigenvalue weighted by atomic mass is 9.86. The predicted molar refractivity (Wildman–Crippen MR) is 65.1 cm³/mol. The SMILES string of the molecule is CCOC1C(N)CC1OCCOCCCOC. The van der Waals surface area contributed by atoms with Gasteiger partial charge in [0.2, 0.25) is 0 Å². The van der Waals surface area contributed by atoms with Crippen molar-refractivity contribution in [3.8, 4) is 0 Å². The summed E-state index contributed by atoms with van der Waals surface area (Å²) in [6.07, 6.45) is 2.02. The van der Waals surface area contributed by atoms with E-state index in [-0.39, 0.29) is 18.2 Å². The van der Waals surface area contributed by atoms with E-state index >= 15 is 0 Å². The van der Waals surface area contributed by atoms with Crippen molar-refractivity contribution in [3.63, 3.8) is 0 Å². The Bertz CT molecular complexity index is 191. The lowest BCUT2D eigenvalue weighted by Gasteiger charge is -2.41. The normalized spacial score (nSPS) is 28.1. The lowest BCUT2D eigenvalue weighted by molar-refractivity contribution is -0.143. The highest BCUT2D eigenvalue weighted by Crippen LogP contribution is 2.25. The first-order chi connectivity index (χ1) is 8.29. The van der Waals surface area contributed by atoms with Gasteiger partial charge in [0, 0.05) is 33.0 Å². The number of hydrogen-bond acceptors (Lipinski definition) is 5. The lowest BCUT2D eigenvalue weighted by Crippen LogP contribution is -2.58. The largest absolute Gasteiger partial charge is 0.385 e. The van der Waals surface area contributed by atoms with Crippen LogP contribution < -0.4 is 5.73 Å². The summed E-state index contributed by atoms with van der Waals surface area (Å²) in [5.41, 5.74) is 5.83. The summed E-state index contributed by atoms with van der Waals surface area (Å²) in [5.74, 6) is 0. The molecule has 0 spiro atoms. The third kappa shape index (κ3) is 5.31. The minimum Gasteiger partial charge on any atom is -0.385 e. The Morgan fingerprint density at radius 2 is 1.94 bits per heavy atom. The average molecular weight is 247 g/mol. The molecule has 3 atom stereocenters. The van der Waals surface area contributed by atoms with Crippen molar-refractivity contribution in [2.24, 2.45) is 5.73 Å². The van der Waals surface area contributed by atoms with Crippen LogP contribution in [0.25, 0.3) is 0 Å². The molecule has 0 aromatic carbocycles. The van der Waals surface area contributed by atoms with Gasteiger partial charge in [0.05, 0.1) is 25.4 Å². The summed E-state index contributed by atoms with van der Waals surface area (Å²) in [6.45, 7) is 5.34. The maximum Gasteiger partial charge on any atom is 0.0988 e. The molecule has 5 nitrogen and oxygen atoms in total. The molecule has 0 aliphatic heterocycles. The minimum atomic E-state index is 0.0634. The quantitative estimate of drug-likeness (QED) is 0.572. The van der Waals surface area contributed by atoms with Crippen molar-refractivity contribution in [2.45, 2.75) is 38.0 Å². The van der Waals surface area contributed by atoms with Crippen LogP contribution in [0.3, 0.4) is 0 Å². The standard InChI is InChI=1S/C12H25NO4/c1-3-16-12-10(13)9-11(12)17-8-7-15-6-4-5-14-2/h10-12H,3-9,13H2,1-2H3. The molecule has 102 valence electrons. The Hall–Kier alpha value is -0.200. The van der Waals surface area contributed by atoms with Gasteiger partial charge in [-0.25, -0.2) is 0 Å². The summed E-state index contributed by atoms with van der Waals surface area (Å²) >= 11 is 0. The Kier molecular flexibility index (Phi) is 7.72. The van der Waals surface area contributed by atoms with E-state index in [0.29, 0.717) is 19.8 Å². The van der Waals surface area contributed by atoms with Crippen LogP contribution in [-0.4, -0.2) is 58.4 Å². The van der Waals surface area contributed by atoms with Gasteiger partial charge in [-0.05, 0) is 19.8 Å². The van der Waals surface area contributed by atoms with Gasteiger partial charge in [-0.3, -0.25) is 0 Å². The van der Waals surface area contributed by atoms with Crippen LogP contribution in [0.15, 0.2) is 0 Å². The molecule has 0 aromatic rings. The summed E-state index contributed by atoms with van der Waals surface area (Å²) in [4.78, 5) is 0. The topological polar surface area (TPSA) is 62.9 Å². The van der Waals surface area contributed by atoms with Gasteiger partial charge in [-0.15, -0.1) is 0 Å². The first-order valence-corrected chi connectivity index (χ1v) is 6.35. The third-order valence-electron chi connectivity index (χ3n) is 2.85.